The Balaban J connectivity index is 2.23. The van der Waals surface area contributed by atoms with Gasteiger partial charge in [0.1, 0.15) is 12.4 Å². The van der Waals surface area contributed by atoms with Gasteiger partial charge >= 0.3 is 0 Å². The Bertz CT molecular complexity index is 854. The predicted octanol–water partition coefficient (Wildman–Crippen LogP) is 4.60. The first kappa shape index (κ1) is 20.7. The van der Waals surface area contributed by atoms with Gasteiger partial charge in [0.25, 0.3) is 0 Å². The number of fused-ring (bicyclic) bond motifs is 3. The van der Waals surface area contributed by atoms with Gasteiger partial charge in [0.05, 0.1) is 5.57 Å². The second kappa shape index (κ2) is 6.24. The van der Waals surface area contributed by atoms with Crippen molar-refractivity contribution in [3.63, 3.8) is 0 Å². The van der Waals surface area contributed by atoms with Crippen LogP contribution in [0.1, 0.15) is 67.2 Å². The van der Waals surface area contributed by atoms with Crippen molar-refractivity contribution < 1.29 is 14.4 Å². The number of nitrogens with zero attached hydrogens (tertiary/aromatic N) is 1. The quantitative estimate of drug-likeness (QED) is 0.670. The number of allylic oxidation sites excluding steroid dienone is 4. The highest BCUT2D eigenvalue weighted by Crippen LogP contribution is 2.69. The maximum Gasteiger partial charge on any atom is 0.178 e. The molecule has 0 bridgehead atoms. The summed E-state index contributed by atoms with van der Waals surface area (Å²) in [6.45, 7) is 12.5. The Morgan fingerprint density at radius 1 is 1.18 bits per heavy atom. The van der Waals surface area contributed by atoms with Crippen LogP contribution < -0.4 is 0 Å². The van der Waals surface area contributed by atoms with Crippen LogP contribution >= 0.6 is 0 Å². The first-order valence-corrected chi connectivity index (χ1v) is 10.3. The van der Waals surface area contributed by atoms with Gasteiger partial charge in [-0.15, -0.1) is 0 Å². The Morgan fingerprint density at radius 2 is 1.82 bits per heavy atom. The molecule has 0 saturated heterocycles. The van der Waals surface area contributed by atoms with Crippen LogP contribution in [0.3, 0.4) is 0 Å². The molecule has 0 amide bonds. The molecular formula is C24H31NO3. The molecule has 0 aliphatic heterocycles. The van der Waals surface area contributed by atoms with E-state index in [1.54, 1.807) is 6.08 Å². The average Bonchev–Trinajstić information content (AvgIpc) is 2.60. The fourth-order valence-electron chi connectivity index (χ4n) is 6.60. The summed E-state index contributed by atoms with van der Waals surface area (Å²) in [7, 11) is 0. The van der Waals surface area contributed by atoms with Gasteiger partial charge in [-0.3, -0.25) is 9.59 Å². The minimum Gasteiger partial charge on any atom is -0.303 e. The van der Waals surface area contributed by atoms with Crippen molar-refractivity contribution >= 4 is 17.9 Å². The van der Waals surface area contributed by atoms with Crippen LogP contribution in [0.2, 0.25) is 0 Å². The number of nitriles is 1. The van der Waals surface area contributed by atoms with Crippen molar-refractivity contribution in [2.24, 2.45) is 33.5 Å². The molecule has 0 aromatic carbocycles. The van der Waals surface area contributed by atoms with Crippen LogP contribution in [0.4, 0.5) is 0 Å². The van der Waals surface area contributed by atoms with Gasteiger partial charge in [0.2, 0.25) is 0 Å². The Labute approximate surface area is 168 Å². The van der Waals surface area contributed by atoms with Gasteiger partial charge in [-0.05, 0) is 42.1 Å². The molecule has 150 valence electrons. The molecule has 0 heterocycles. The van der Waals surface area contributed by atoms with Crippen LogP contribution in [0.15, 0.2) is 23.3 Å². The zero-order valence-corrected chi connectivity index (χ0v) is 17.9. The number of carbonyl (C=O) groups excluding carboxylic acids is 3. The molecule has 4 nitrogen and oxygen atoms in total. The van der Waals surface area contributed by atoms with Crippen molar-refractivity contribution in [2.45, 2.75) is 67.2 Å². The van der Waals surface area contributed by atoms with Gasteiger partial charge in [0.15, 0.2) is 11.6 Å². The Morgan fingerprint density at radius 3 is 2.39 bits per heavy atom. The molecule has 3 aliphatic carbocycles. The van der Waals surface area contributed by atoms with Gasteiger partial charge in [0, 0.05) is 23.2 Å². The normalized spacial score (nSPS) is 38.5. The highest BCUT2D eigenvalue weighted by atomic mass is 16.1. The van der Waals surface area contributed by atoms with E-state index in [1.807, 2.05) is 19.9 Å². The minimum atomic E-state index is -0.641. The highest BCUT2D eigenvalue weighted by Gasteiger charge is 2.64. The number of hydrogen-bond donors (Lipinski definition) is 0. The lowest BCUT2D eigenvalue weighted by Crippen LogP contribution is -2.59. The number of rotatable bonds is 3. The van der Waals surface area contributed by atoms with Crippen LogP contribution in [0, 0.1) is 44.8 Å². The SMILES string of the molecule is CC1(C)C(=O)C(C#N)=CC2(C)C3=CC(=O)[C@H](CCC=O)C(C)(C)C3(C)CC[C@@H]12. The molecule has 2 unspecified atom stereocenters. The number of carbonyl (C=O) groups is 3. The minimum absolute atomic E-state index is 0.0547. The third kappa shape index (κ3) is 2.44. The van der Waals surface area contributed by atoms with E-state index >= 15 is 0 Å². The van der Waals surface area contributed by atoms with E-state index in [-0.39, 0.29) is 39.8 Å². The standard InChI is InChI=1S/C24H31NO3/c1-21(2)18-9-10-24(6)19(23(18,5)13-15(14-25)20(21)28)12-17(27)16(8-7-11-26)22(24,3)4/h11-13,16,18H,7-10H2,1-6H3/t16-,18-,23?,24?/m0/s1. The third-order valence-corrected chi connectivity index (χ3v) is 8.59. The topological polar surface area (TPSA) is 75.0 Å². The first-order valence-electron chi connectivity index (χ1n) is 10.3. The van der Waals surface area contributed by atoms with Gasteiger partial charge in [-0.2, -0.15) is 5.26 Å². The van der Waals surface area contributed by atoms with Crippen LogP contribution in [0.25, 0.3) is 0 Å². The van der Waals surface area contributed by atoms with Crippen molar-refractivity contribution in [3.8, 4) is 6.07 Å². The summed E-state index contributed by atoms with van der Waals surface area (Å²) in [5.41, 5.74) is -0.412. The molecule has 4 heteroatoms. The van der Waals surface area contributed by atoms with Crippen molar-refractivity contribution in [2.75, 3.05) is 0 Å². The fourth-order valence-corrected chi connectivity index (χ4v) is 6.60. The van der Waals surface area contributed by atoms with Crippen LogP contribution in [-0.4, -0.2) is 17.9 Å². The summed E-state index contributed by atoms with van der Waals surface area (Å²) in [6.07, 6.45) is 7.24. The van der Waals surface area contributed by atoms with Crippen molar-refractivity contribution in [1.29, 1.82) is 5.26 Å². The lowest BCUT2D eigenvalue weighted by Gasteiger charge is -2.63. The molecule has 0 spiro atoms. The third-order valence-electron chi connectivity index (χ3n) is 8.59. The number of aldehydes is 1. The van der Waals surface area contributed by atoms with E-state index in [0.29, 0.717) is 12.8 Å². The molecule has 1 fully saturated rings. The summed E-state index contributed by atoms with van der Waals surface area (Å²) in [6, 6.07) is 2.10. The fraction of sp³-hybridized carbons (Fsp3) is 0.667. The second-order valence-corrected chi connectivity index (χ2v) is 10.4. The molecular weight excluding hydrogens is 350 g/mol. The highest BCUT2D eigenvalue weighted by molar-refractivity contribution is 6.04. The molecule has 0 aromatic heterocycles. The van der Waals surface area contributed by atoms with E-state index in [0.717, 1.165) is 24.7 Å². The zero-order valence-electron chi connectivity index (χ0n) is 17.9. The number of Topliss-reactive ketones (excluding diaryl/α,β-unsaturated/α-hetero) is 1. The summed E-state index contributed by atoms with van der Waals surface area (Å²) >= 11 is 0. The number of hydrogen-bond acceptors (Lipinski definition) is 4. The monoisotopic (exact) mass is 381 g/mol. The maximum atomic E-state index is 13.2. The van der Waals surface area contributed by atoms with E-state index in [9.17, 15) is 19.6 Å². The summed E-state index contributed by atoms with van der Waals surface area (Å²) in [5.74, 6) is -0.155. The first-order chi connectivity index (χ1) is 12.9. The second-order valence-electron chi connectivity index (χ2n) is 10.4. The van der Waals surface area contributed by atoms with E-state index in [2.05, 4.69) is 33.8 Å². The molecule has 3 aliphatic rings. The molecule has 3 rings (SSSR count). The molecule has 4 atom stereocenters. The van der Waals surface area contributed by atoms with Gasteiger partial charge in [-0.1, -0.05) is 53.2 Å². The number of ketones is 2. The van der Waals surface area contributed by atoms with Crippen molar-refractivity contribution in [1.82, 2.24) is 0 Å². The summed E-state index contributed by atoms with van der Waals surface area (Å²) < 4.78 is 0. The molecule has 0 N–H and O–H groups in total. The van der Waals surface area contributed by atoms with Crippen LogP contribution in [-0.2, 0) is 14.4 Å². The summed E-state index contributed by atoms with van der Waals surface area (Å²) in [5, 5.41) is 9.59. The zero-order chi connectivity index (χ0) is 21.1. The van der Waals surface area contributed by atoms with E-state index in [4.69, 9.17) is 0 Å². The van der Waals surface area contributed by atoms with Crippen molar-refractivity contribution in [3.05, 3.63) is 23.3 Å². The Hall–Kier alpha value is -2.02. The predicted molar refractivity (Wildman–Crippen MR) is 107 cm³/mol. The van der Waals surface area contributed by atoms with E-state index in [1.165, 1.54) is 0 Å². The van der Waals surface area contributed by atoms with E-state index < -0.39 is 10.8 Å². The lowest BCUT2D eigenvalue weighted by atomic mass is 9.39. The van der Waals surface area contributed by atoms with Gasteiger partial charge in [-0.25, -0.2) is 0 Å². The summed E-state index contributed by atoms with van der Waals surface area (Å²) in [4.78, 5) is 37.0. The van der Waals surface area contributed by atoms with Crippen LogP contribution in [0.5, 0.6) is 0 Å². The molecule has 0 aromatic rings. The van der Waals surface area contributed by atoms with Gasteiger partial charge < -0.3 is 4.79 Å². The molecule has 0 radical (unpaired) electrons. The largest absolute Gasteiger partial charge is 0.303 e. The molecule has 1 saturated carbocycles. The lowest BCUT2D eigenvalue weighted by molar-refractivity contribution is -0.136. The maximum absolute atomic E-state index is 13.2. The molecule has 28 heavy (non-hydrogen) atoms. The smallest absolute Gasteiger partial charge is 0.178 e. The Kier molecular flexibility index (Phi) is 4.61. The average molecular weight is 382 g/mol.